The molecule has 0 saturated heterocycles. The summed E-state index contributed by atoms with van der Waals surface area (Å²) in [6.07, 6.45) is 0. The van der Waals surface area contributed by atoms with E-state index in [9.17, 15) is 8.78 Å². The fraction of sp³-hybridized carbons (Fsp3) is 0.250. The molecule has 0 atom stereocenters. The van der Waals surface area contributed by atoms with Gasteiger partial charge in [-0.3, -0.25) is 0 Å². The number of nitrogens with two attached hydrogens (primary N) is 1. The van der Waals surface area contributed by atoms with E-state index in [1.54, 1.807) is 0 Å². The molecule has 0 aromatic heterocycles. The molecule has 2 aromatic carbocycles. The summed E-state index contributed by atoms with van der Waals surface area (Å²) in [6.45, 7) is 2.25. The summed E-state index contributed by atoms with van der Waals surface area (Å²) in [5.41, 5.74) is 8.03. The topological polar surface area (TPSA) is 35.2 Å². The molecule has 0 aliphatic rings. The van der Waals surface area contributed by atoms with Crippen LogP contribution >= 0.6 is 0 Å². The second-order valence-corrected chi connectivity index (χ2v) is 4.62. The van der Waals surface area contributed by atoms with Gasteiger partial charge in [-0.1, -0.05) is 43.3 Å². The van der Waals surface area contributed by atoms with E-state index >= 15 is 0 Å². The van der Waals surface area contributed by atoms with Crippen LogP contribution in [0.1, 0.15) is 13.0 Å². The molecular weight excluding hydrogens is 271 g/mol. The lowest BCUT2D eigenvalue weighted by Crippen LogP contribution is -2.46. The number of hydrogen-bond donors (Lipinski definition) is 1. The number of rotatable bonds is 5. The summed E-state index contributed by atoms with van der Waals surface area (Å²) in [5.74, 6) is -1.74. The average molecular weight is 291 g/mol. The Bertz CT molecular complexity index is 575. The Labute approximate surface area is 125 Å². The van der Waals surface area contributed by atoms with Crippen molar-refractivity contribution >= 4 is 17.8 Å². The lowest BCUT2D eigenvalue weighted by Gasteiger charge is -2.15. The number of benzene rings is 2. The molecule has 0 saturated carbocycles. The third-order valence-corrected chi connectivity index (χ3v) is 3.03. The van der Waals surface area contributed by atoms with Gasteiger partial charge < -0.3 is 10.4 Å². The van der Waals surface area contributed by atoms with Gasteiger partial charge in [0.25, 0.3) is 0 Å². The Balaban J connectivity index is 0.00000220. The zero-order chi connectivity index (χ0) is 14.5. The quantitative estimate of drug-likeness (QED) is 0.855. The van der Waals surface area contributed by atoms with E-state index in [0.717, 1.165) is 23.2 Å². The molecule has 2 N–H and O–H groups in total. The molecule has 0 fully saturated rings. The van der Waals surface area contributed by atoms with Crippen LogP contribution in [0.2, 0.25) is 0 Å². The van der Waals surface area contributed by atoms with Crippen molar-refractivity contribution in [2.75, 3.05) is 13.2 Å². The Hall–Kier alpha value is -1.72. The fourth-order valence-electron chi connectivity index (χ4n) is 1.99. The Morgan fingerprint density at radius 1 is 1.00 bits per heavy atom. The van der Waals surface area contributed by atoms with Crippen molar-refractivity contribution in [2.24, 2.45) is 5.73 Å². The molecule has 0 spiro atoms. The van der Waals surface area contributed by atoms with Crippen LogP contribution in [0.3, 0.4) is 0 Å². The average Bonchev–Trinajstić information content (AvgIpc) is 2.45. The van der Waals surface area contributed by atoms with Crippen LogP contribution in [-0.2, 0) is 4.65 Å². The van der Waals surface area contributed by atoms with Gasteiger partial charge in [-0.05, 0) is 30.0 Å². The third kappa shape index (κ3) is 4.38. The highest BCUT2D eigenvalue weighted by Gasteiger charge is 2.22. The molecule has 112 valence electrons. The van der Waals surface area contributed by atoms with Crippen LogP contribution in [0.4, 0.5) is 8.78 Å². The van der Waals surface area contributed by atoms with Crippen molar-refractivity contribution < 1.29 is 13.4 Å². The van der Waals surface area contributed by atoms with E-state index in [2.05, 4.69) is 0 Å². The van der Waals surface area contributed by atoms with Crippen LogP contribution in [0.15, 0.2) is 42.5 Å². The molecule has 0 aliphatic heterocycles. The molecule has 21 heavy (non-hydrogen) atoms. The predicted octanol–water partition coefficient (Wildman–Crippen LogP) is 1.99. The Kier molecular flexibility index (Phi) is 6.53. The molecule has 0 aliphatic carbocycles. The standard InChI is InChI=1S/C15H16BF2NO.CH4/c1-11-2-4-12(5-3-11)16(20-9-8-19)13-6-7-14(17)15(18)10-13;/h2-7,10H,8-9,19H2,1H3;1H4. The van der Waals surface area contributed by atoms with Crippen LogP contribution in [0.5, 0.6) is 0 Å². The van der Waals surface area contributed by atoms with Crippen LogP contribution in [0.25, 0.3) is 0 Å². The van der Waals surface area contributed by atoms with E-state index in [-0.39, 0.29) is 7.43 Å². The van der Waals surface area contributed by atoms with E-state index in [0.29, 0.717) is 18.6 Å². The second-order valence-electron chi connectivity index (χ2n) is 4.62. The van der Waals surface area contributed by atoms with Gasteiger partial charge in [0, 0.05) is 13.2 Å². The van der Waals surface area contributed by atoms with Crippen LogP contribution in [0, 0.1) is 18.6 Å². The summed E-state index contributed by atoms with van der Waals surface area (Å²) in [7, 11) is 0. The maximum Gasteiger partial charge on any atom is 0.361 e. The van der Waals surface area contributed by atoms with Crippen molar-refractivity contribution in [3.05, 3.63) is 59.7 Å². The van der Waals surface area contributed by atoms with Crippen molar-refractivity contribution in [1.29, 1.82) is 0 Å². The van der Waals surface area contributed by atoms with E-state index < -0.39 is 18.6 Å². The minimum Gasteiger partial charge on any atom is -0.426 e. The molecule has 0 heterocycles. The zero-order valence-electron chi connectivity index (χ0n) is 11.3. The van der Waals surface area contributed by atoms with Crippen molar-refractivity contribution in [2.45, 2.75) is 14.4 Å². The molecule has 0 unspecified atom stereocenters. The Morgan fingerprint density at radius 3 is 2.19 bits per heavy atom. The summed E-state index contributed by atoms with van der Waals surface area (Å²) in [6, 6.07) is 11.5. The zero-order valence-corrected chi connectivity index (χ0v) is 11.3. The van der Waals surface area contributed by atoms with E-state index in [1.807, 2.05) is 31.2 Å². The fourth-order valence-corrected chi connectivity index (χ4v) is 1.99. The minimum atomic E-state index is -0.879. The third-order valence-electron chi connectivity index (χ3n) is 3.03. The molecule has 2 rings (SSSR count). The van der Waals surface area contributed by atoms with Gasteiger partial charge in [-0.2, -0.15) is 0 Å². The maximum absolute atomic E-state index is 13.4. The van der Waals surface area contributed by atoms with Crippen molar-refractivity contribution in [1.82, 2.24) is 0 Å². The minimum absolute atomic E-state index is 0. The van der Waals surface area contributed by atoms with Gasteiger partial charge >= 0.3 is 6.92 Å². The summed E-state index contributed by atoms with van der Waals surface area (Å²) in [5, 5.41) is 0. The first kappa shape index (κ1) is 17.3. The van der Waals surface area contributed by atoms with Gasteiger partial charge in [0.1, 0.15) is 0 Å². The molecule has 2 aromatic rings. The van der Waals surface area contributed by atoms with Crippen LogP contribution in [-0.4, -0.2) is 20.1 Å². The van der Waals surface area contributed by atoms with Gasteiger partial charge in [0.05, 0.1) is 0 Å². The number of hydrogen-bond acceptors (Lipinski definition) is 2. The second kappa shape index (κ2) is 7.91. The molecular formula is C16H20BF2NO. The number of aryl methyl sites for hydroxylation is 1. The van der Waals surface area contributed by atoms with Crippen molar-refractivity contribution in [3.8, 4) is 0 Å². The highest BCUT2D eigenvalue weighted by molar-refractivity contribution is 6.80. The molecule has 5 heteroatoms. The largest absolute Gasteiger partial charge is 0.426 e. The lowest BCUT2D eigenvalue weighted by atomic mass is 9.55. The lowest BCUT2D eigenvalue weighted by molar-refractivity contribution is 0.344. The molecule has 0 bridgehead atoms. The number of halogens is 2. The highest BCUT2D eigenvalue weighted by atomic mass is 19.2. The Morgan fingerprint density at radius 2 is 1.62 bits per heavy atom. The summed E-state index contributed by atoms with van der Waals surface area (Å²) >= 11 is 0. The highest BCUT2D eigenvalue weighted by Crippen LogP contribution is 2.04. The first-order valence-electron chi connectivity index (χ1n) is 6.45. The molecule has 2 nitrogen and oxygen atoms in total. The van der Waals surface area contributed by atoms with Gasteiger partial charge in [-0.25, -0.2) is 8.78 Å². The smallest absolute Gasteiger partial charge is 0.361 e. The monoisotopic (exact) mass is 291 g/mol. The van der Waals surface area contributed by atoms with E-state index in [1.165, 1.54) is 6.07 Å². The first-order valence-corrected chi connectivity index (χ1v) is 6.45. The van der Waals surface area contributed by atoms with Gasteiger partial charge in [0.15, 0.2) is 11.6 Å². The van der Waals surface area contributed by atoms with Gasteiger partial charge in [-0.15, -0.1) is 0 Å². The predicted molar refractivity (Wildman–Crippen MR) is 84.3 cm³/mol. The molecule has 0 amide bonds. The maximum atomic E-state index is 13.4. The van der Waals surface area contributed by atoms with Crippen molar-refractivity contribution in [3.63, 3.8) is 0 Å². The summed E-state index contributed by atoms with van der Waals surface area (Å²) in [4.78, 5) is 0. The molecule has 0 radical (unpaired) electrons. The first-order chi connectivity index (χ1) is 9.61. The van der Waals surface area contributed by atoms with Gasteiger partial charge in [0.2, 0.25) is 0 Å². The summed E-state index contributed by atoms with van der Waals surface area (Å²) < 4.78 is 32.1. The van der Waals surface area contributed by atoms with Crippen LogP contribution < -0.4 is 16.7 Å². The normalized spacial score (nSPS) is 10.1. The SMILES string of the molecule is C.Cc1ccc(B(OCCN)c2ccc(F)c(F)c2)cc1. The van der Waals surface area contributed by atoms with E-state index in [4.69, 9.17) is 10.4 Å².